The fourth-order valence-corrected chi connectivity index (χ4v) is 2.32. The second-order valence-electron chi connectivity index (χ2n) is 8.25. The summed E-state index contributed by atoms with van der Waals surface area (Å²) in [4.78, 5) is 36.1. The molecule has 1 aromatic rings. The van der Waals surface area contributed by atoms with Gasteiger partial charge in [0.1, 0.15) is 29.1 Å². The summed E-state index contributed by atoms with van der Waals surface area (Å²) < 4.78 is 16.0. The largest absolute Gasteiger partial charge is 0.491 e. The van der Waals surface area contributed by atoms with Crippen molar-refractivity contribution < 1.29 is 33.7 Å². The number of carbonyl (C=O) groups is 3. The van der Waals surface area contributed by atoms with Gasteiger partial charge in [0.2, 0.25) is 6.04 Å². The van der Waals surface area contributed by atoms with Crippen LogP contribution in [-0.2, 0) is 19.1 Å². The van der Waals surface area contributed by atoms with Crippen molar-refractivity contribution in [3.63, 3.8) is 0 Å². The molecule has 0 aliphatic carbocycles. The number of carboxylic acids is 1. The average molecular weight is 430 g/mol. The van der Waals surface area contributed by atoms with Crippen LogP contribution in [0.4, 0.5) is 0 Å². The predicted octanol–water partition coefficient (Wildman–Crippen LogP) is 3.06. The Kier molecular flexibility index (Phi) is 8.47. The molecule has 0 radical (unpaired) electrons. The smallest absolute Gasteiger partial charge is 0.339 e. The average Bonchev–Trinajstić information content (AvgIpc) is 2.52. The number of esters is 2. The Bertz CT molecular complexity index is 722. The first-order valence-electron chi connectivity index (χ1n) is 9.04. The van der Waals surface area contributed by atoms with E-state index in [1.54, 1.807) is 41.5 Å². The highest BCUT2D eigenvalue weighted by Gasteiger charge is 2.34. The number of aromatic carboxylic acids is 1. The number of hydrogen-bond acceptors (Lipinski definition) is 7. The minimum Gasteiger partial charge on any atom is -0.491 e. The van der Waals surface area contributed by atoms with Gasteiger partial charge >= 0.3 is 17.9 Å². The molecule has 0 amide bonds. The summed E-state index contributed by atoms with van der Waals surface area (Å²) >= 11 is 5.80. The van der Waals surface area contributed by atoms with Crippen molar-refractivity contribution >= 4 is 29.5 Å². The molecule has 0 aliphatic rings. The molecule has 0 aliphatic heterocycles. The van der Waals surface area contributed by atoms with E-state index in [1.807, 2.05) is 0 Å². The third-order valence-electron chi connectivity index (χ3n) is 3.17. The molecule has 0 unspecified atom stereocenters. The number of carbonyl (C=O) groups excluding carboxylic acids is 2. The lowest BCUT2D eigenvalue weighted by molar-refractivity contribution is -0.170. The zero-order valence-corrected chi connectivity index (χ0v) is 18.3. The Morgan fingerprint density at radius 2 is 1.55 bits per heavy atom. The molecule has 0 spiro atoms. The van der Waals surface area contributed by atoms with Crippen molar-refractivity contribution in [1.29, 1.82) is 0 Å². The van der Waals surface area contributed by atoms with E-state index in [2.05, 4.69) is 5.32 Å². The highest BCUT2D eigenvalue weighted by molar-refractivity contribution is 6.31. The van der Waals surface area contributed by atoms with Crippen molar-refractivity contribution in [2.45, 2.75) is 58.8 Å². The van der Waals surface area contributed by atoms with E-state index in [0.717, 1.165) is 0 Å². The van der Waals surface area contributed by atoms with Crippen LogP contribution in [0.3, 0.4) is 0 Å². The van der Waals surface area contributed by atoms with Crippen LogP contribution in [0.5, 0.6) is 5.75 Å². The number of ether oxygens (including phenoxy) is 3. The molecule has 8 nitrogen and oxygen atoms in total. The molecule has 2 N–H and O–H groups in total. The van der Waals surface area contributed by atoms with Crippen LogP contribution in [0.25, 0.3) is 0 Å². The molecule has 162 valence electrons. The molecular weight excluding hydrogens is 402 g/mol. The Balaban J connectivity index is 2.79. The van der Waals surface area contributed by atoms with E-state index in [9.17, 15) is 19.5 Å². The molecule has 0 heterocycles. The third kappa shape index (κ3) is 9.15. The summed E-state index contributed by atoms with van der Waals surface area (Å²) in [6.45, 7) is 10.2. The van der Waals surface area contributed by atoms with Crippen LogP contribution in [0.2, 0.25) is 5.02 Å². The van der Waals surface area contributed by atoms with Crippen LogP contribution in [0.15, 0.2) is 18.2 Å². The van der Waals surface area contributed by atoms with Gasteiger partial charge in [-0.25, -0.2) is 14.4 Å². The second-order valence-corrected chi connectivity index (χ2v) is 8.68. The number of nitrogens with one attached hydrogen (secondary N) is 1. The molecule has 9 heteroatoms. The SMILES string of the molecule is CC(C)(C)OC(=O)C(NCCOc1ccc(Cl)cc1C(=O)O)C(=O)OC(C)(C)C. The van der Waals surface area contributed by atoms with Gasteiger partial charge < -0.3 is 19.3 Å². The molecule has 29 heavy (non-hydrogen) atoms. The van der Waals surface area contributed by atoms with Gasteiger partial charge in [-0.3, -0.25) is 5.32 Å². The lowest BCUT2D eigenvalue weighted by Crippen LogP contribution is -2.50. The Labute approximate surface area is 175 Å². The normalized spacial score (nSPS) is 11.9. The first-order valence-corrected chi connectivity index (χ1v) is 9.42. The van der Waals surface area contributed by atoms with E-state index in [-0.39, 0.29) is 29.5 Å². The van der Waals surface area contributed by atoms with Gasteiger partial charge in [-0.1, -0.05) is 11.6 Å². The highest BCUT2D eigenvalue weighted by Crippen LogP contribution is 2.22. The van der Waals surface area contributed by atoms with E-state index < -0.39 is 35.2 Å². The zero-order valence-electron chi connectivity index (χ0n) is 17.5. The Morgan fingerprint density at radius 1 is 1.03 bits per heavy atom. The summed E-state index contributed by atoms with van der Waals surface area (Å²) in [5, 5.41) is 12.2. The van der Waals surface area contributed by atoms with Crippen molar-refractivity contribution in [3.8, 4) is 5.75 Å². The fourth-order valence-electron chi connectivity index (χ4n) is 2.14. The van der Waals surface area contributed by atoms with Crippen LogP contribution in [0.1, 0.15) is 51.9 Å². The molecule has 1 aromatic carbocycles. The quantitative estimate of drug-likeness (QED) is 0.368. The predicted molar refractivity (Wildman–Crippen MR) is 107 cm³/mol. The molecule has 0 saturated heterocycles. The van der Waals surface area contributed by atoms with E-state index >= 15 is 0 Å². The molecule has 0 saturated carbocycles. The van der Waals surface area contributed by atoms with Gasteiger partial charge in [-0.2, -0.15) is 0 Å². The number of carboxylic acid groups (broad SMARTS) is 1. The van der Waals surface area contributed by atoms with Crippen molar-refractivity contribution in [2.24, 2.45) is 0 Å². The summed E-state index contributed by atoms with van der Waals surface area (Å²) in [6.07, 6.45) is 0. The maximum absolute atomic E-state index is 12.4. The molecule has 0 aromatic heterocycles. The molecule has 0 atom stereocenters. The summed E-state index contributed by atoms with van der Waals surface area (Å²) in [5.74, 6) is -2.61. The molecule has 1 rings (SSSR count). The molecular formula is C20H28ClNO7. The first kappa shape index (κ1) is 24.7. The van der Waals surface area contributed by atoms with Crippen LogP contribution in [0, 0.1) is 0 Å². The second kappa shape index (κ2) is 9.93. The minimum atomic E-state index is -1.35. The van der Waals surface area contributed by atoms with Gasteiger partial charge in [-0.05, 0) is 59.7 Å². The first-order chi connectivity index (χ1) is 13.2. The zero-order chi connectivity index (χ0) is 22.4. The van der Waals surface area contributed by atoms with Crippen molar-refractivity contribution in [1.82, 2.24) is 5.32 Å². The van der Waals surface area contributed by atoms with Crippen molar-refractivity contribution in [3.05, 3.63) is 28.8 Å². The maximum Gasteiger partial charge on any atom is 0.339 e. The number of benzene rings is 1. The van der Waals surface area contributed by atoms with Gasteiger partial charge in [0, 0.05) is 11.6 Å². The van der Waals surface area contributed by atoms with Gasteiger partial charge in [0.15, 0.2) is 0 Å². The van der Waals surface area contributed by atoms with Gasteiger partial charge in [-0.15, -0.1) is 0 Å². The monoisotopic (exact) mass is 429 g/mol. The number of halogens is 1. The summed E-state index contributed by atoms with van der Waals surface area (Å²) in [5.41, 5.74) is -1.65. The Hall–Kier alpha value is -2.32. The van der Waals surface area contributed by atoms with Crippen LogP contribution in [-0.4, -0.2) is 53.4 Å². The summed E-state index contributed by atoms with van der Waals surface area (Å²) in [6, 6.07) is 2.87. The van der Waals surface area contributed by atoms with E-state index in [0.29, 0.717) is 0 Å². The van der Waals surface area contributed by atoms with Crippen LogP contribution < -0.4 is 10.1 Å². The number of hydrogen-bond donors (Lipinski definition) is 2. The van der Waals surface area contributed by atoms with E-state index in [1.165, 1.54) is 18.2 Å². The topological polar surface area (TPSA) is 111 Å². The minimum absolute atomic E-state index is 0.00991. The van der Waals surface area contributed by atoms with Gasteiger partial charge in [0.25, 0.3) is 0 Å². The third-order valence-corrected chi connectivity index (χ3v) is 3.40. The van der Waals surface area contributed by atoms with E-state index in [4.69, 9.17) is 25.8 Å². The van der Waals surface area contributed by atoms with Crippen molar-refractivity contribution in [2.75, 3.05) is 13.2 Å². The maximum atomic E-state index is 12.4. The number of rotatable bonds is 8. The Morgan fingerprint density at radius 3 is 2.00 bits per heavy atom. The fraction of sp³-hybridized carbons (Fsp3) is 0.550. The van der Waals surface area contributed by atoms with Gasteiger partial charge in [0.05, 0.1) is 0 Å². The summed E-state index contributed by atoms with van der Waals surface area (Å²) in [7, 11) is 0. The highest BCUT2D eigenvalue weighted by atomic mass is 35.5. The van der Waals surface area contributed by atoms with Crippen LogP contribution >= 0.6 is 11.6 Å². The lowest BCUT2D eigenvalue weighted by atomic mass is 10.1. The molecule has 0 fully saturated rings. The lowest BCUT2D eigenvalue weighted by Gasteiger charge is -2.26. The standard InChI is InChI=1S/C20H28ClNO7/c1-19(2,3)28-17(25)15(18(26)29-20(4,5)6)22-9-10-27-14-8-7-12(21)11-13(14)16(23)24/h7-8,11,15,22H,9-10H2,1-6H3,(H,23,24). The molecule has 0 bridgehead atoms.